The van der Waals surface area contributed by atoms with Gasteiger partial charge in [-0.15, -0.1) is 0 Å². The number of rotatable bonds is 3. The van der Waals surface area contributed by atoms with Crippen LogP contribution in [-0.2, 0) is 5.41 Å². The van der Waals surface area contributed by atoms with Crippen molar-refractivity contribution in [2.24, 2.45) is 0 Å². The molecule has 0 saturated carbocycles. The van der Waals surface area contributed by atoms with Crippen molar-refractivity contribution >= 4 is 33.6 Å². The van der Waals surface area contributed by atoms with Crippen LogP contribution in [-0.4, -0.2) is 9.55 Å². The van der Waals surface area contributed by atoms with Gasteiger partial charge in [-0.25, -0.2) is 4.98 Å². The lowest BCUT2D eigenvalue weighted by molar-refractivity contribution is 0.724. The number of fused-ring (bicyclic) bond motifs is 12. The number of hydrogen-bond donors (Lipinski definition) is 0. The Morgan fingerprint density at radius 2 is 1.02 bits per heavy atom. The average molecular weight is 667 g/mol. The number of benzene rings is 7. The molecule has 11 rings (SSSR count). The average Bonchev–Trinajstić information content (AvgIpc) is 3.68. The Morgan fingerprint density at radius 1 is 0.412 bits per heavy atom. The van der Waals surface area contributed by atoms with Gasteiger partial charge < -0.3 is 0 Å². The first-order valence-corrected chi connectivity index (χ1v) is 18.3. The summed E-state index contributed by atoms with van der Waals surface area (Å²) in [6.45, 7) is 0. The molecule has 2 aliphatic rings. The zero-order valence-electron chi connectivity index (χ0n) is 27.6. The van der Waals surface area contributed by atoms with Crippen LogP contribution in [0.25, 0.3) is 61.1 Å². The summed E-state index contributed by atoms with van der Waals surface area (Å²) in [7, 11) is 0. The molecule has 1 spiro atoms. The fourth-order valence-corrected chi connectivity index (χ4v) is 9.96. The molecule has 0 saturated heterocycles. The van der Waals surface area contributed by atoms with Crippen molar-refractivity contribution in [1.29, 1.82) is 0 Å². The van der Waals surface area contributed by atoms with Gasteiger partial charge in [-0.3, -0.25) is 4.57 Å². The molecule has 0 N–H and O–H groups in total. The van der Waals surface area contributed by atoms with E-state index in [0.29, 0.717) is 0 Å². The van der Waals surface area contributed by atoms with E-state index in [1.807, 2.05) is 11.8 Å². The fraction of sp³-hybridized carbons (Fsp3) is 0.0208. The van der Waals surface area contributed by atoms with E-state index >= 15 is 0 Å². The maximum atomic E-state index is 5.41. The molecule has 2 aromatic heterocycles. The second-order valence-corrected chi connectivity index (χ2v) is 14.6. The number of hydrogen-bond acceptors (Lipinski definition) is 2. The quantitative estimate of drug-likeness (QED) is 0.187. The lowest BCUT2D eigenvalue weighted by Gasteiger charge is -2.39. The summed E-state index contributed by atoms with van der Waals surface area (Å²) >= 11 is 1.89. The molecule has 2 nitrogen and oxygen atoms in total. The highest BCUT2D eigenvalue weighted by Crippen LogP contribution is 2.62. The molecule has 238 valence electrons. The highest BCUT2D eigenvalue weighted by molar-refractivity contribution is 7.99. The summed E-state index contributed by atoms with van der Waals surface area (Å²) in [5.74, 6) is 0.911. The Balaban J connectivity index is 1.24. The van der Waals surface area contributed by atoms with Gasteiger partial charge in [-0.1, -0.05) is 157 Å². The Kier molecular flexibility index (Phi) is 6.14. The first-order chi connectivity index (χ1) is 25.3. The van der Waals surface area contributed by atoms with Crippen molar-refractivity contribution in [2.75, 3.05) is 0 Å². The summed E-state index contributed by atoms with van der Waals surface area (Å²) in [4.78, 5) is 7.98. The van der Waals surface area contributed by atoms with E-state index in [1.165, 1.54) is 59.5 Å². The van der Waals surface area contributed by atoms with Gasteiger partial charge in [0, 0.05) is 26.1 Å². The van der Waals surface area contributed by atoms with E-state index in [9.17, 15) is 0 Å². The third-order valence-corrected chi connectivity index (χ3v) is 12.0. The van der Waals surface area contributed by atoms with Gasteiger partial charge >= 0.3 is 0 Å². The third-order valence-electron chi connectivity index (χ3n) is 10.9. The molecular formula is C48H30N2S. The molecule has 0 bridgehead atoms. The first-order valence-electron chi connectivity index (χ1n) is 17.5. The Hall–Kier alpha value is -6.16. The zero-order valence-corrected chi connectivity index (χ0v) is 28.4. The molecule has 0 unspecified atom stereocenters. The molecule has 0 atom stereocenters. The molecular weight excluding hydrogens is 637 g/mol. The van der Waals surface area contributed by atoms with E-state index in [4.69, 9.17) is 4.98 Å². The summed E-state index contributed by atoms with van der Waals surface area (Å²) in [5, 5.41) is 2.46. The normalized spacial score (nSPS) is 13.6. The molecule has 7 aromatic carbocycles. The predicted molar refractivity (Wildman–Crippen MR) is 211 cm³/mol. The minimum atomic E-state index is -0.423. The number of para-hydroxylation sites is 1. The number of nitrogens with zero attached hydrogens (tertiary/aromatic N) is 2. The van der Waals surface area contributed by atoms with Gasteiger partial charge in [0.05, 0.1) is 22.1 Å². The van der Waals surface area contributed by atoms with E-state index in [1.54, 1.807) is 0 Å². The van der Waals surface area contributed by atoms with Gasteiger partial charge in [-0.2, -0.15) is 0 Å². The van der Waals surface area contributed by atoms with E-state index < -0.39 is 5.41 Å². The molecule has 0 radical (unpaired) electrons. The highest BCUT2D eigenvalue weighted by Gasteiger charge is 2.50. The van der Waals surface area contributed by atoms with Crippen LogP contribution in [0.3, 0.4) is 0 Å². The van der Waals surface area contributed by atoms with Crippen LogP contribution in [0.2, 0.25) is 0 Å². The van der Waals surface area contributed by atoms with Gasteiger partial charge in [0.15, 0.2) is 0 Å². The lowest BCUT2D eigenvalue weighted by atomic mass is 9.67. The van der Waals surface area contributed by atoms with Gasteiger partial charge in [0.25, 0.3) is 0 Å². The van der Waals surface area contributed by atoms with E-state index in [-0.39, 0.29) is 0 Å². The molecule has 3 heteroatoms. The molecule has 1 aliphatic carbocycles. The molecule has 1 aliphatic heterocycles. The summed E-state index contributed by atoms with van der Waals surface area (Å²) in [5.41, 5.74) is 14.3. The monoisotopic (exact) mass is 666 g/mol. The van der Waals surface area contributed by atoms with Gasteiger partial charge in [-0.05, 0) is 80.9 Å². The van der Waals surface area contributed by atoms with Gasteiger partial charge in [0.1, 0.15) is 5.82 Å². The largest absolute Gasteiger partial charge is 0.294 e. The zero-order chi connectivity index (χ0) is 33.5. The Morgan fingerprint density at radius 3 is 1.76 bits per heavy atom. The molecule has 51 heavy (non-hydrogen) atoms. The predicted octanol–water partition coefficient (Wildman–Crippen LogP) is 12.3. The Labute approximate surface area is 300 Å². The van der Waals surface area contributed by atoms with E-state index in [2.05, 4.69) is 187 Å². The maximum absolute atomic E-state index is 5.41. The molecule has 0 amide bonds. The van der Waals surface area contributed by atoms with Crippen LogP contribution < -0.4 is 0 Å². The molecule has 0 fully saturated rings. The van der Waals surface area contributed by atoms with Crippen molar-refractivity contribution in [2.45, 2.75) is 15.2 Å². The Bertz CT molecular complexity index is 2730. The van der Waals surface area contributed by atoms with Gasteiger partial charge in [0.2, 0.25) is 0 Å². The standard InChI is InChI=1S/C48H30N2S/c1-3-15-31(16-4-1)33-27-42(32-17-5-2-6-18-32)49-47(28-33)50-43-25-13-9-21-36(43)37-29-41-46(30-44(37)50)51-45-26-14-12-24-40(45)48(41)38-22-10-7-19-34(38)35-20-8-11-23-39(35)48/h1-30H. The van der Waals surface area contributed by atoms with Crippen molar-refractivity contribution in [3.8, 4) is 39.3 Å². The van der Waals surface area contributed by atoms with Crippen LogP contribution in [0.15, 0.2) is 192 Å². The number of aromatic nitrogens is 2. The van der Waals surface area contributed by atoms with Crippen LogP contribution in [0.1, 0.15) is 22.3 Å². The topological polar surface area (TPSA) is 17.8 Å². The van der Waals surface area contributed by atoms with E-state index in [0.717, 1.165) is 33.7 Å². The summed E-state index contributed by atoms with van der Waals surface area (Å²) in [6, 6.07) is 66.5. The second kappa shape index (κ2) is 10.9. The van der Waals surface area contributed by atoms with Crippen molar-refractivity contribution in [3.05, 3.63) is 204 Å². The first kappa shape index (κ1) is 28.7. The van der Waals surface area contributed by atoms with Crippen LogP contribution in [0.4, 0.5) is 0 Å². The minimum absolute atomic E-state index is 0.423. The third kappa shape index (κ3) is 4.04. The van der Waals surface area contributed by atoms with Crippen LogP contribution >= 0.6 is 11.8 Å². The van der Waals surface area contributed by atoms with Crippen molar-refractivity contribution in [1.82, 2.24) is 9.55 Å². The van der Waals surface area contributed by atoms with Crippen molar-refractivity contribution in [3.63, 3.8) is 0 Å². The lowest BCUT2D eigenvalue weighted by Crippen LogP contribution is -2.32. The maximum Gasteiger partial charge on any atom is 0.138 e. The molecule has 3 heterocycles. The fourth-order valence-electron chi connectivity index (χ4n) is 8.75. The van der Waals surface area contributed by atoms with Crippen LogP contribution in [0.5, 0.6) is 0 Å². The second-order valence-electron chi connectivity index (χ2n) is 13.5. The highest BCUT2D eigenvalue weighted by atomic mass is 32.2. The minimum Gasteiger partial charge on any atom is -0.294 e. The molecule has 9 aromatic rings. The summed E-state index contributed by atoms with van der Waals surface area (Å²) in [6.07, 6.45) is 0. The van der Waals surface area contributed by atoms with Crippen LogP contribution in [0, 0.1) is 0 Å². The SMILES string of the molecule is c1ccc(-c2cc(-c3ccccc3)nc(-n3c4ccccc4c4cc5c(cc43)Sc3ccccc3C53c4ccccc4-c4ccccc43)c2)cc1. The smallest absolute Gasteiger partial charge is 0.138 e. The summed E-state index contributed by atoms with van der Waals surface area (Å²) < 4.78 is 2.38. The number of pyridine rings is 1. The van der Waals surface area contributed by atoms with Crippen molar-refractivity contribution < 1.29 is 0 Å².